The summed E-state index contributed by atoms with van der Waals surface area (Å²) in [4.78, 5) is 7.13. The highest BCUT2D eigenvalue weighted by Crippen LogP contribution is 2.31. The average Bonchev–Trinajstić information content (AvgIpc) is 2.45. The molecule has 21 heavy (non-hydrogen) atoms. The Hall–Kier alpha value is -1.87. The molecule has 0 aliphatic carbocycles. The number of aromatic nitrogens is 1. The molecule has 1 aromatic heterocycles. The maximum Gasteiger partial charge on any atom is 0.138 e. The molecule has 0 radical (unpaired) electrons. The van der Waals surface area contributed by atoms with Gasteiger partial charge in [-0.05, 0) is 58.0 Å². The SMILES string of the molecule is CCN(c1ccccc1C)c1nc(C)cc(C)c1CNC. The number of hydrogen-bond acceptors (Lipinski definition) is 3. The van der Waals surface area contributed by atoms with Crippen molar-refractivity contribution >= 4 is 11.5 Å². The first-order valence-corrected chi connectivity index (χ1v) is 7.53. The van der Waals surface area contributed by atoms with Gasteiger partial charge in [0.25, 0.3) is 0 Å². The number of aryl methyl sites for hydroxylation is 3. The van der Waals surface area contributed by atoms with E-state index in [0.29, 0.717) is 0 Å². The molecule has 0 amide bonds. The fraction of sp³-hybridized carbons (Fsp3) is 0.389. The molecular formula is C18H25N3. The zero-order valence-corrected chi connectivity index (χ0v) is 13.7. The van der Waals surface area contributed by atoms with Crippen LogP contribution in [0.3, 0.4) is 0 Å². The maximum atomic E-state index is 4.83. The van der Waals surface area contributed by atoms with Crippen LogP contribution in [0.25, 0.3) is 0 Å². The summed E-state index contributed by atoms with van der Waals surface area (Å²) in [5, 5.41) is 3.26. The highest BCUT2D eigenvalue weighted by Gasteiger charge is 2.17. The molecule has 0 fully saturated rings. The Morgan fingerprint density at radius 3 is 2.43 bits per heavy atom. The minimum atomic E-state index is 0.830. The van der Waals surface area contributed by atoms with E-state index in [1.54, 1.807) is 0 Å². The summed E-state index contributed by atoms with van der Waals surface area (Å²) in [5.41, 5.74) is 6.13. The van der Waals surface area contributed by atoms with Gasteiger partial charge in [-0.2, -0.15) is 0 Å². The summed E-state index contributed by atoms with van der Waals surface area (Å²) in [6.45, 7) is 10.3. The molecule has 1 heterocycles. The van der Waals surface area contributed by atoms with Crippen LogP contribution in [0.15, 0.2) is 30.3 Å². The van der Waals surface area contributed by atoms with Gasteiger partial charge in [0.2, 0.25) is 0 Å². The van der Waals surface area contributed by atoms with Crippen LogP contribution < -0.4 is 10.2 Å². The second-order valence-electron chi connectivity index (χ2n) is 5.44. The molecule has 2 aromatic rings. The lowest BCUT2D eigenvalue weighted by molar-refractivity contribution is 0.797. The topological polar surface area (TPSA) is 28.2 Å². The lowest BCUT2D eigenvalue weighted by atomic mass is 10.1. The Labute approximate surface area is 128 Å². The van der Waals surface area contributed by atoms with Crippen molar-refractivity contribution in [3.63, 3.8) is 0 Å². The molecule has 0 unspecified atom stereocenters. The molecule has 2 rings (SSSR count). The van der Waals surface area contributed by atoms with Crippen molar-refractivity contribution < 1.29 is 0 Å². The summed E-state index contributed by atoms with van der Waals surface area (Å²) >= 11 is 0. The van der Waals surface area contributed by atoms with Crippen molar-refractivity contribution in [3.8, 4) is 0 Å². The number of para-hydroxylation sites is 1. The first kappa shape index (κ1) is 15.5. The van der Waals surface area contributed by atoms with E-state index in [9.17, 15) is 0 Å². The molecule has 0 saturated heterocycles. The Bertz CT molecular complexity index is 620. The van der Waals surface area contributed by atoms with Gasteiger partial charge in [-0.1, -0.05) is 18.2 Å². The quantitative estimate of drug-likeness (QED) is 0.902. The van der Waals surface area contributed by atoms with Crippen LogP contribution in [0.1, 0.15) is 29.3 Å². The van der Waals surface area contributed by atoms with E-state index < -0.39 is 0 Å². The molecule has 3 nitrogen and oxygen atoms in total. The molecule has 0 saturated carbocycles. The Morgan fingerprint density at radius 2 is 1.81 bits per heavy atom. The summed E-state index contributed by atoms with van der Waals surface area (Å²) in [6, 6.07) is 10.6. The summed E-state index contributed by atoms with van der Waals surface area (Å²) in [7, 11) is 1.98. The van der Waals surface area contributed by atoms with Crippen molar-refractivity contribution in [2.75, 3.05) is 18.5 Å². The van der Waals surface area contributed by atoms with E-state index in [0.717, 1.165) is 24.6 Å². The van der Waals surface area contributed by atoms with Gasteiger partial charge >= 0.3 is 0 Å². The largest absolute Gasteiger partial charge is 0.326 e. The maximum absolute atomic E-state index is 4.83. The summed E-state index contributed by atoms with van der Waals surface area (Å²) in [5.74, 6) is 1.07. The van der Waals surface area contributed by atoms with Crippen molar-refractivity contribution in [1.29, 1.82) is 0 Å². The molecular weight excluding hydrogens is 258 g/mol. The van der Waals surface area contributed by atoms with Gasteiger partial charge in [0.05, 0.1) is 0 Å². The Morgan fingerprint density at radius 1 is 1.10 bits per heavy atom. The standard InChI is InChI=1S/C18H25N3/c1-6-21(17-10-8-7-9-13(17)2)18-16(12-19-5)14(3)11-15(4)20-18/h7-11,19H,6,12H2,1-5H3. The van der Waals surface area contributed by atoms with Gasteiger partial charge in [-0.3, -0.25) is 0 Å². The van der Waals surface area contributed by atoms with E-state index in [1.807, 2.05) is 7.05 Å². The number of nitrogens with zero attached hydrogens (tertiary/aromatic N) is 2. The third-order valence-electron chi connectivity index (χ3n) is 3.79. The van der Waals surface area contributed by atoms with E-state index in [1.165, 1.54) is 22.4 Å². The van der Waals surface area contributed by atoms with Gasteiger partial charge < -0.3 is 10.2 Å². The van der Waals surface area contributed by atoms with E-state index in [4.69, 9.17) is 4.98 Å². The summed E-state index contributed by atoms with van der Waals surface area (Å²) in [6.07, 6.45) is 0. The van der Waals surface area contributed by atoms with Crippen molar-refractivity contribution in [2.24, 2.45) is 0 Å². The lowest BCUT2D eigenvalue weighted by Gasteiger charge is -2.27. The van der Waals surface area contributed by atoms with Crippen LogP contribution in [0.4, 0.5) is 11.5 Å². The first-order chi connectivity index (χ1) is 10.1. The van der Waals surface area contributed by atoms with Crippen molar-refractivity contribution in [2.45, 2.75) is 34.2 Å². The number of pyridine rings is 1. The van der Waals surface area contributed by atoms with Gasteiger partial charge in [0, 0.05) is 30.0 Å². The molecule has 112 valence electrons. The van der Waals surface area contributed by atoms with Crippen molar-refractivity contribution in [3.05, 3.63) is 52.7 Å². The normalized spacial score (nSPS) is 10.7. The van der Waals surface area contributed by atoms with Crippen LogP contribution in [0, 0.1) is 20.8 Å². The fourth-order valence-electron chi connectivity index (χ4n) is 2.76. The number of nitrogens with one attached hydrogen (secondary N) is 1. The third-order valence-corrected chi connectivity index (χ3v) is 3.79. The molecule has 0 spiro atoms. The first-order valence-electron chi connectivity index (χ1n) is 7.53. The van der Waals surface area contributed by atoms with Gasteiger partial charge in [-0.15, -0.1) is 0 Å². The predicted octanol–water partition coefficient (Wildman–Crippen LogP) is 3.88. The van der Waals surface area contributed by atoms with Gasteiger partial charge in [0.15, 0.2) is 0 Å². The summed E-state index contributed by atoms with van der Waals surface area (Å²) < 4.78 is 0. The smallest absolute Gasteiger partial charge is 0.138 e. The molecule has 0 bridgehead atoms. The van der Waals surface area contributed by atoms with Crippen LogP contribution in [0.2, 0.25) is 0 Å². The number of anilines is 2. The second kappa shape index (κ2) is 6.72. The highest BCUT2D eigenvalue weighted by atomic mass is 15.2. The Kier molecular flexibility index (Phi) is 4.97. The minimum absolute atomic E-state index is 0.830. The van der Waals surface area contributed by atoms with Crippen LogP contribution in [-0.2, 0) is 6.54 Å². The van der Waals surface area contributed by atoms with E-state index in [-0.39, 0.29) is 0 Å². The fourth-order valence-corrected chi connectivity index (χ4v) is 2.76. The minimum Gasteiger partial charge on any atom is -0.326 e. The molecule has 1 N–H and O–H groups in total. The molecule has 0 aliphatic rings. The van der Waals surface area contributed by atoms with Gasteiger partial charge in [0.1, 0.15) is 5.82 Å². The third kappa shape index (κ3) is 3.24. The lowest BCUT2D eigenvalue weighted by Crippen LogP contribution is -2.22. The molecule has 0 aliphatic heterocycles. The number of hydrogen-bond donors (Lipinski definition) is 1. The number of benzene rings is 1. The van der Waals surface area contributed by atoms with E-state index >= 15 is 0 Å². The van der Waals surface area contributed by atoms with Crippen LogP contribution in [-0.4, -0.2) is 18.6 Å². The average molecular weight is 283 g/mol. The predicted molar refractivity (Wildman–Crippen MR) is 90.3 cm³/mol. The monoisotopic (exact) mass is 283 g/mol. The molecule has 3 heteroatoms. The Balaban J connectivity index is 2.59. The zero-order valence-electron chi connectivity index (χ0n) is 13.7. The van der Waals surface area contributed by atoms with Crippen LogP contribution >= 0.6 is 0 Å². The zero-order chi connectivity index (χ0) is 15.4. The van der Waals surface area contributed by atoms with Gasteiger partial charge in [-0.25, -0.2) is 4.98 Å². The number of rotatable bonds is 5. The van der Waals surface area contributed by atoms with Crippen molar-refractivity contribution in [1.82, 2.24) is 10.3 Å². The molecule has 0 atom stereocenters. The second-order valence-corrected chi connectivity index (χ2v) is 5.44. The van der Waals surface area contributed by atoms with E-state index in [2.05, 4.69) is 68.2 Å². The molecule has 1 aromatic carbocycles. The van der Waals surface area contributed by atoms with Crippen LogP contribution in [0.5, 0.6) is 0 Å². The highest BCUT2D eigenvalue weighted by molar-refractivity contribution is 5.67.